The summed E-state index contributed by atoms with van der Waals surface area (Å²) < 4.78 is 4.72. The Hall–Kier alpha value is -1.06. The highest BCUT2D eigenvalue weighted by Crippen LogP contribution is 2.68. The summed E-state index contributed by atoms with van der Waals surface area (Å²) in [5, 5.41) is 9.17. The summed E-state index contributed by atoms with van der Waals surface area (Å²) in [4.78, 5) is 44.2. The van der Waals surface area contributed by atoms with Gasteiger partial charge in [-0.05, 0) is 32.6 Å². The number of carbonyl (C=O) groups excluding carboxylic acids is 3. The normalized spacial score (nSPS) is 32.8. The van der Waals surface area contributed by atoms with E-state index in [1.54, 1.807) is 34.6 Å². The Morgan fingerprint density at radius 3 is 2.75 bits per heavy atom. The van der Waals surface area contributed by atoms with Gasteiger partial charge in [0.1, 0.15) is 6.04 Å². The zero-order valence-electron chi connectivity index (χ0n) is 19.0. The first-order chi connectivity index (χ1) is 15.4. The number of aliphatic hydroxyl groups excluding tert-OH is 1. The van der Waals surface area contributed by atoms with E-state index in [9.17, 15) is 19.5 Å². The molecular weight excluding hydrogens is 496 g/mol. The van der Waals surface area contributed by atoms with E-state index in [2.05, 4.69) is 29.4 Å². The largest absolute Gasteiger partial charge is 0.466 e. The molecule has 3 fully saturated rings. The van der Waals surface area contributed by atoms with E-state index >= 15 is 0 Å². The minimum atomic E-state index is -0.644. The third kappa shape index (κ3) is 4.37. The average Bonchev–Trinajstić information content (AvgIpc) is 3.35. The number of hydrogen-bond acceptors (Lipinski definition) is 6. The lowest BCUT2D eigenvalue weighted by molar-refractivity contribution is -0.153. The molecule has 32 heavy (non-hydrogen) atoms. The minimum absolute atomic E-state index is 0.0417. The van der Waals surface area contributed by atoms with Crippen LogP contribution >= 0.6 is 27.7 Å². The molecule has 3 aliphatic rings. The molecule has 2 amide bonds. The van der Waals surface area contributed by atoms with Gasteiger partial charge in [0.25, 0.3) is 0 Å². The second-order valence-electron chi connectivity index (χ2n) is 8.80. The monoisotopic (exact) mass is 530 g/mol. The van der Waals surface area contributed by atoms with Gasteiger partial charge >= 0.3 is 5.97 Å². The first-order valence-corrected chi connectivity index (χ1v) is 13.5. The van der Waals surface area contributed by atoms with Gasteiger partial charge < -0.3 is 19.6 Å². The molecule has 3 aliphatic heterocycles. The van der Waals surface area contributed by atoms with Gasteiger partial charge in [-0.15, -0.1) is 18.3 Å². The Bertz CT molecular complexity index is 737. The average molecular weight is 532 g/mol. The molecule has 6 atom stereocenters. The molecule has 0 aromatic carbocycles. The van der Waals surface area contributed by atoms with Gasteiger partial charge in [0.2, 0.25) is 11.8 Å². The Labute approximate surface area is 203 Å². The highest BCUT2D eigenvalue weighted by molar-refractivity contribution is 9.09. The van der Waals surface area contributed by atoms with Crippen LogP contribution in [-0.4, -0.2) is 86.4 Å². The highest BCUT2D eigenvalue weighted by Gasteiger charge is 2.76. The number of likely N-dealkylation sites (tertiary alicyclic amines) is 1. The number of fused-ring (bicyclic) bond motifs is 1. The molecule has 0 saturated carbocycles. The summed E-state index contributed by atoms with van der Waals surface area (Å²) in [5.74, 6) is -1.62. The number of ether oxygens (including phenoxy) is 1. The van der Waals surface area contributed by atoms with Gasteiger partial charge in [-0.1, -0.05) is 35.4 Å². The van der Waals surface area contributed by atoms with Crippen LogP contribution in [0.3, 0.4) is 0 Å². The number of esters is 1. The van der Waals surface area contributed by atoms with E-state index in [-0.39, 0.29) is 41.1 Å². The van der Waals surface area contributed by atoms with Gasteiger partial charge in [-0.2, -0.15) is 0 Å². The zero-order valence-corrected chi connectivity index (χ0v) is 21.4. The van der Waals surface area contributed by atoms with Crippen LogP contribution in [0.2, 0.25) is 0 Å². The fourth-order valence-corrected chi connectivity index (χ4v) is 9.12. The van der Waals surface area contributed by atoms with E-state index in [0.29, 0.717) is 38.9 Å². The number of halogens is 1. The standard InChI is InChI=1S/C23H35BrN2O5S/c1-4-7-11-25(10-5-2)21(29)19-23-14-15(24)18(32-23)16(22(30)31-6-3)17(23)20(28)26(19)12-8-9-13-27/h5,15-19,27H,2,4,6-14H2,1,3H3/t15?,16-,17+,18-,19?,23?/m1/s1. The van der Waals surface area contributed by atoms with Crippen molar-refractivity contribution < 1.29 is 24.2 Å². The van der Waals surface area contributed by atoms with Crippen molar-refractivity contribution in [1.82, 2.24) is 9.80 Å². The maximum Gasteiger partial charge on any atom is 0.310 e. The lowest BCUT2D eigenvalue weighted by Crippen LogP contribution is -2.55. The summed E-state index contributed by atoms with van der Waals surface area (Å²) in [6.45, 7) is 9.42. The third-order valence-electron chi connectivity index (χ3n) is 6.83. The van der Waals surface area contributed by atoms with E-state index in [1.807, 2.05) is 0 Å². The molecule has 1 N–H and O–H groups in total. The van der Waals surface area contributed by atoms with Crippen LogP contribution in [0.5, 0.6) is 0 Å². The van der Waals surface area contributed by atoms with Gasteiger partial charge in [-0.25, -0.2) is 0 Å². The number of aliphatic hydroxyl groups is 1. The molecule has 0 radical (unpaired) electrons. The lowest BCUT2D eigenvalue weighted by Gasteiger charge is -2.37. The first-order valence-electron chi connectivity index (χ1n) is 11.7. The first kappa shape index (κ1) is 25.6. The summed E-state index contributed by atoms with van der Waals surface area (Å²) >= 11 is 5.37. The van der Waals surface area contributed by atoms with Crippen molar-refractivity contribution in [3.63, 3.8) is 0 Å². The number of thioether (sulfide) groups is 1. The fourth-order valence-electron chi connectivity index (χ4n) is 5.52. The molecule has 3 saturated heterocycles. The van der Waals surface area contributed by atoms with Crippen LogP contribution in [-0.2, 0) is 19.1 Å². The number of amides is 2. The molecule has 9 heteroatoms. The number of nitrogens with zero attached hydrogens (tertiary/aromatic N) is 2. The van der Waals surface area contributed by atoms with Crippen molar-refractivity contribution >= 4 is 45.5 Å². The summed E-state index contributed by atoms with van der Waals surface area (Å²) in [5.41, 5.74) is 0. The number of rotatable bonds is 12. The highest BCUT2D eigenvalue weighted by atomic mass is 79.9. The second kappa shape index (κ2) is 10.9. The maximum absolute atomic E-state index is 14.0. The van der Waals surface area contributed by atoms with E-state index in [1.165, 1.54) is 0 Å². The number of unbranched alkanes of at least 4 members (excludes halogenated alkanes) is 2. The summed E-state index contributed by atoms with van der Waals surface area (Å²) in [7, 11) is 0. The van der Waals surface area contributed by atoms with Crippen molar-refractivity contribution in [3.05, 3.63) is 12.7 Å². The molecule has 3 unspecified atom stereocenters. The van der Waals surface area contributed by atoms with Crippen LogP contribution < -0.4 is 0 Å². The fraction of sp³-hybridized carbons (Fsp3) is 0.783. The molecule has 180 valence electrons. The molecule has 3 rings (SSSR count). The van der Waals surface area contributed by atoms with Crippen LogP contribution in [0.1, 0.15) is 46.0 Å². The van der Waals surface area contributed by atoms with Crippen molar-refractivity contribution in [2.45, 2.75) is 66.8 Å². The smallest absolute Gasteiger partial charge is 0.310 e. The molecular formula is C23H35BrN2O5S. The van der Waals surface area contributed by atoms with Crippen LogP contribution in [0.25, 0.3) is 0 Å². The van der Waals surface area contributed by atoms with Crippen molar-refractivity contribution in [1.29, 1.82) is 0 Å². The SMILES string of the molecule is C=CCN(CCCC)C(=O)C1N(CCCCO)C(=O)[C@@H]2[C@@H](C(=O)OCC)[C@@H]3SC12CC3Br. The van der Waals surface area contributed by atoms with Crippen LogP contribution in [0, 0.1) is 11.8 Å². The van der Waals surface area contributed by atoms with E-state index in [0.717, 1.165) is 12.8 Å². The summed E-state index contributed by atoms with van der Waals surface area (Å²) in [6.07, 6.45) is 5.40. The van der Waals surface area contributed by atoms with Gasteiger partial charge in [0.15, 0.2) is 0 Å². The quantitative estimate of drug-likeness (QED) is 0.180. The van der Waals surface area contributed by atoms with Gasteiger partial charge in [-0.3, -0.25) is 14.4 Å². The molecule has 0 aromatic heterocycles. The third-order valence-corrected chi connectivity index (χ3v) is 10.1. The van der Waals surface area contributed by atoms with Crippen LogP contribution in [0.15, 0.2) is 12.7 Å². The lowest BCUT2D eigenvalue weighted by atomic mass is 9.71. The van der Waals surface area contributed by atoms with Gasteiger partial charge in [0.05, 0.1) is 23.2 Å². The molecule has 1 spiro atoms. The number of hydrogen-bond donors (Lipinski definition) is 1. The van der Waals surface area contributed by atoms with Crippen molar-refractivity contribution in [2.75, 3.05) is 32.8 Å². The topological polar surface area (TPSA) is 87.2 Å². The Balaban J connectivity index is 2.00. The van der Waals surface area contributed by atoms with Crippen LogP contribution in [0.4, 0.5) is 0 Å². The number of alkyl halides is 1. The van der Waals surface area contributed by atoms with E-state index < -0.39 is 22.6 Å². The predicted molar refractivity (Wildman–Crippen MR) is 129 cm³/mol. The number of carbonyl (C=O) groups is 3. The summed E-state index contributed by atoms with van der Waals surface area (Å²) in [6, 6.07) is -0.620. The van der Waals surface area contributed by atoms with Crippen molar-refractivity contribution in [2.24, 2.45) is 11.8 Å². The Morgan fingerprint density at radius 1 is 1.38 bits per heavy atom. The molecule has 7 nitrogen and oxygen atoms in total. The van der Waals surface area contributed by atoms with Crippen molar-refractivity contribution in [3.8, 4) is 0 Å². The Morgan fingerprint density at radius 2 is 2.12 bits per heavy atom. The molecule has 2 bridgehead atoms. The zero-order chi connectivity index (χ0) is 23.5. The minimum Gasteiger partial charge on any atom is -0.466 e. The van der Waals surface area contributed by atoms with E-state index in [4.69, 9.17) is 4.74 Å². The molecule has 0 aliphatic carbocycles. The van der Waals surface area contributed by atoms with Gasteiger partial charge in [0, 0.05) is 36.3 Å². The molecule has 0 aromatic rings. The second-order valence-corrected chi connectivity index (χ2v) is 11.5. The maximum atomic E-state index is 14.0. The Kier molecular flexibility index (Phi) is 8.72. The molecule has 3 heterocycles. The predicted octanol–water partition coefficient (Wildman–Crippen LogP) is 2.60.